The summed E-state index contributed by atoms with van der Waals surface area (Å²) in [4.78, 5) is 26.8. The molecule has 3 aromatic rings. The number of para-hydroxylation sites is 1. The maximum Gasteiger partial charge on any atom is 0.264 e. The van der Waals surface area contributed by atoms with Crippen molar-refractivity contribution < 1.29 is 14.3 Å². The lowest BCUT2D eigenvalue weighted by Crippen LogP contribution is -2.33. The van der Waals surface area contributed by atoms with E-state index in [4.69, 9.17) is 27.9 Å². The molecular weight excluding hydrogens is 423 g/mol. The number of amides is 2. The van der Waals surface area contributed by atoms with Crippen LogP contribution in [0.25, 0.3) is 0 Å². The van der Waals surface area contributed by atoms with Gasteiger partial charge in [-0.15, -0.1) is 0 Å². The average molecular weight is 443 g/mol. The summed E-state index contributed by atoms with van der Waals surface area (Å²) in [5.74, 6) is -0.239. The molecule has 0 saturated heterocycles. The average Bonchev–Trinajstić information content (AvgIpc) is 2.77. The highest BCUT2D eigenvalue weighted by Gasteiger charge is 2.19. The molecule has 30 heavy (non-hydrogen) atoms. The molecule has 3 rings (SSSR count). The Hall–Kier alpha value is -3.02. The summed E-state index contributed by atoms with van der Waals surface area (Å²) in [7, 11) is 1.60. The second-order valence-electron chi connectivity index (χ2n) is 6.50. The summed E-state index contributed by atoms with van der Waals surface area (Å²) >= 11 is 11.9. The lowest BCUT2D eigenvalue weighted by atomic mass is 10.1. The van der Waals surface area contributed by atoms with Gasteiger partial charge in [-0.25, -0.2) is 0 Å². The van der Waals surface area contributed by atoms with Gasteiger partial charge in [0, 0.05) is 18.6 Å². The summed E-state index contributed by atoms with van der Waals surface area (Å²) in [5, 5.41) is 3.68. The third kappa shape index (κ3) is 5.53. The van der Waals surface area contributed by atoms with Crippen LogP contribution in [0.2, 0.25) is 10.0 Å². The van der Waals surface area contributed by atoms with Gasteiger partial charge in [-0.1, -0.05) is 65.7 Å². The summed E-state index contributed by atoms with van der Waals surface area (Å²) in [6.45, 7) is 0.154. The molecule has 0 radical (unpaired) electrons. The standard InChI is InChI=1S/C23H20Cl2N2O3/c1-27(22(28)15-30-21-12-11-17(24)13-19(21)25)20-10-6-5-9-18(20)23(29)26-14-16-7-3-2-4-8-16/h2-13H,14-15H2,1H3,(H,26,29). The quantitative estimate of drug-likeness (QED) is 0.561. The van der Waals surface area contributed by atoms with Crippen LogP contribution in [0.3, 0.4) is 0 Å². The Morgan fingerprint density at radius 1 is 0.967 bits per heavy atom. The Morgan fingerprint density at radius 3 is 2.40 bits per heavy atom. The number of nitrogens with zero attached hydrogens (tertiary/aromatic N) is 1. The van der Waals surface area contributed by atoms with Crippen molar-refractivity contribution in [2.45, 2.75) is 6.54 Å². The van der Waals surface area contributed by atoms with E-state index in [0.717, 1.165) is 5.56 Å². The number of hydrogen-bond acceptors (Lipinski definition) is 3. The molecule has 0 fully saturated rings. The first-order chi connectivity index (χ1) is 14.5. The highest BCUT2D eigenvalue weighted by Crippen LogP contribution is 2.27. The van der Waals surface area contributed by atoms with Gasteiger partial charge in [0.05, 0.1) is 16.3 Å². The van der Waals surface area contributed by atoms with Crippen molar-refractivity contribution in [2.75, 3.05) is 18.6 Å². The molecule has 2 amide bonds. The lowest BCUT2D eigenvalue weighted by Gasteiger charge is -2.21. The van der Waals surface area contributed by atoms with Crippen molar-refractivity contribution in [1.82, 2.24) is 5.32 Å². The van der Waals surface area contributed by atoms with E-state index in [1.165, 1.54) is 4.90 Å². The van der Waals surface area contributed by atoms with Crippen molar-refractivity contribution in [3.05, 3.63) is 94.0 Å². The molecular formula is C23H20Cl2N2O3. The van der Waals surface area contributed by atoms with Crippen LogP contribution < -0.4 is 15.0 Å². The minimum Gasteiger partial charge on any atom is -0.482 e. The number of rotatable bonds is 7. The second kappa shape index (κ2) is 10.1. The van der Waals surface area contributed by atoms with Gasteiger partial charge in [0.2, 0.25) is 0 Å². The Labute approximate surface area is 185 Å². The van der Waals surface area contributed by atoms with Gasteiger partial charge in [-0.05, 0) is 35.9 Å². The van der Waals surface area contributed by atoms with E-state index in [-0.39, 0.29) is 18.4 Å². The van der Waals surface area contributed by atoms with Crippen molar-refractivity contribution >= 4 is 40.7 Å². The van der Waals surface area contributed by atoms with E-state index in [2.05, 4.69) is 5.32 Å². The molecule has 0 heterocycles. The third-order valence-electron chi connectivity index (χ3n) is 4.43. The van der Waals surface area contributed by atoms with Gasteiger partial charge < -0.3 is 15.0 Å². The molecule has 0 saturated carbocycles. The SMILES string of the molecule is CN(C(=O)COc1ccc(Cl)cc1Cl)c1ccccc1C(=O)NCc1ccccc1. The normalized spacial score (nSPS) is 10.4. The maximum atomic E-state index is 12.7. The number of carbonyl (C=O) groups is 2. The van der Waals surface area contributed by atoms with Crippen molar-refractivity contribution in [1.29, 1.82) is 0 Å². The van der Waals surface area contributed by atoms with E-state index in [1.807, 2.05) is 30.3 Å². The largest absolute Gasteiger partial charge is 0.482 e. The monoisotopic (exact) mass is 442 g/mol. The van der Waals surface area contributed by atoms with Crippen LogP contribution in [0, 0.1) is 0 Å². The van der Waals surface area contributed by atoms with Gasteiger partial charge in [-0.3, -0.25) is 9.59 Å². The molecule has 0 unspecified atom stereocenters. The Morgan fingerprint density at radius 2 is 1.67 bits per heavy atom. The highest BCUT2D eigenvalue weighted by molar-refractivity contribution is 6.35. The van der Waals surface area contributed by atoms with Crippen molar-refractivity contribution in [3.63, 3.8) is 0 Å². The van der Waals surface area contributed by atoms with Crippen LogP contribution in [0.5, 0.6) is 5.75 Å². The summed E-state index contributed by atoms with van der Waals surface area (Å²) in [6.07, 6.45) is 0. The first-order valence-electron chi connectivity index (χ1n) is 9.21. The van der Waals surface area contributed by atoms with Gasteiger partial charge in [0.1, 0.15) is 5.75 Å². The van der Waals surface area contributed by atoms with Gasteiger partial charge in [-0.2, -0.15) is 0 Å². The van der Waals surface area contributed by atoms with Crippen molar-refractivity contribution in [3.8, 4) is 5.75 Å². The van der Waals surface area contributed by atoms with Crippen LogP contribution in [0.15, 0.2) is 72.8 Å². The third-order valence-corrected chi connectivity index (χ3v) is 4.96. The predicted octanol–water partition coefficient (Wildman–Crippen LogP) is 4.97. The molecule has 0 spiro atoms. The molecule has 7 heteroatoms. The summed E-state index contributed by atoms with van der Waals surface area (Å²) < 4.78 is 5.52. The fraction of sp³-hybridized carbons (Fsp3) is 0.130. The number of hydrogen-bond donors (Lipinski definition) is 1. The molecule has 0 aliphatic carbocycles. The van der Waals surface area contributed by atoms with Crippen LogP contribution in [0.4, 0.5) is 5.69 Å². The Kier molecular flexibility index (Phi) is 7.33. The van der Waals surface area contributed by atoms with Crippen LogP contribution in [-0.4, -0.2) is 25.5 Å². The second-order valence-corrected chi connectivity index (χ2v) is 7.35. The Bertz CT molecular complexity index is 1040. The first kappa shape index (κ1) is 21.7. The van der Waals surface area contributed by atoms with E-state index in [1.54, 1.807) is 49.5 Å². The molecule has 0 aliphatic heterocycles. The zero-order valence-electron chi connectivity index (χ0n) is 16.3. The van der Waals surface area contributed by atoms with E-state index >= 15 is 0 Å². The lowest BCUT2D eigenvalue weighted by molar-refractivity contribution is -0.120. The highest BCUT2D eigenvalue weighted by atomic mass is 35.5. The summed E-state index contributed by atoms with van der Waals surface area (Å²) in [6, 6.07) is 21.3. The van der Waals surface area contributed by atoms with Crippen molar-refractivity contribution in [2.24, 2.45) is 0 Å². The molecule has 0 atom stereocenters. The van der Waals surface area contributed by atoms with Gasteiger partial charge in [0.15, 0.2) is 6.61 Å². The zero-order chi connectivity index (χ0) is 21.5. The molecule has 5 nitrogen and oxygen atoms in total. The molecule has 3 aromatic carbocycles. The smallest absolute Gasteiger partial charge is 0.264 e. The molecule has 154 valence electrons. The topological polar surface area (TPSA) is 58.6 Å². The maximum absolute atomic E-state index is 12.7. The zero-order valence-corrected chi connectivity index (χ0v) is 17.8. The Balaban J connectivity index is 1.67. The molecule has 0 aromatic heterocycles. The minimum absolute atomic E-state index is 0.238. The number of anilines is 1. The molecule has 0 aliphatic rings. The number of halogens is 2. The summed E-state index contributed by atoms with van der Waals surface area (Å²) in [5.41, 5.74) is 1.87. The molecule has 1 N–H and O–H groups in total. The van der Waals surface area contributed by atoms with E-state index < -0.39 is 0 Å². The van der Waals surface area contributed by atoms with Gasteiger partial charge in [0.25, 0.3) is 11.8 Å². The number of nitrogens with one attached hydrogen (secondary N) is 1. The van der Waals surface area contributed by atoms with Crippen LogP contribution in [-0.2, 0) is 11.3 Å². The fourth-order valence-corrected chi connectivity index (χ4v) is 3.26. The van der Waals surface area contributed by atoms with Gasteiger partial charge >= 0.3 is 0 Å². The van der Waals surface area contributed by atoms with Crippen LogP contribution in [0.1, 0.15) is 15.9 Å². The molecule has 0 bridgehead atoms. The number of likely N-dealkylation sites (N-methyl/N-ethyl adjacent to an activating group) is 1. The fourth-order valence-electron chi connectivity index (χ4n) is 2.79. The number of ether oxygens (including phenoxy) is 1. The number of benzene rings is 3. The predicted molar refractivity (Wildman–Crippen MR) is 119 cm³/mol. The first-order valence-corrected chi connectivity index (χ1v) is 9.97. The van der Waals surface area contributed by atoms with Crippen LogP contribution >= 0.6 is 23.2 Å². The minimum atomic E-state index is -0.329. The van der Waals surface area contributed by atoms with E-state index in [0.29, 0.717) is 33.6 Å². The number of carbonyl (C=O) groups excluding carboxylic acids is 2. The van der Waals surface area contributed by atoms with E-state index in [9.17, 15) is 9.59 Å².